The third kappa shape index (κ3) is 3.32. The molecule has 2 N–H and O–H groups in total. The van der Waals surface area contributed by atoms with Gasteiger partial charge in [0.25, 0.3) is 0 Å². The van der Waals surface area contributed by atoms with Gasteiger partial charge in [-0.1, -0.05) is 12.1 Å². The zero-order chi connectivity index (χ0) is 12.3. The first kappa shape index (κ1) is 12.2. The largest absolute Gasteiger partial charge is 0.380 e. The Morgan fingerprint density at radius 1 is 1.24 bits per heavy atom. The molecule has 6 nitrogen and oxygen atoms in total. The molecule has 2 rings (SSSR count). The zero-order valence-electron chi connectivity index (χ0n) is 9.20. The van der Waals surface area contributed by atoms with E-state index < -0.39 is 10.3 Å². The van der Waals surface area contributed by atoms with Crippen molar-refractivity contribution in [3.05, 3.63) is 24.3 Å². The highest BCUT2D eigenvalue weighted by Crippen LogP contribution is 2.29. The summed E-state index contributed by atoms with van der Waals surface area (Å²) in [5.41, 5.74) is 0.713. The number of para-hydroxylation sites is 2. The summed E-state index contributed by atoms with van der Waals surface area (Å²) in [5, 5.41) is 4.87. The summed E-state index contributed by atoms with van der Waals surface area (Å²) in [6.07, 6.45) is 0. The van der Waals surface area contributed by atoms with E-state index in [-0.39, 0.29) is 5.75 Å². The van der Waals surface area contributed by atoms with Gasteiger partial charge in [-0.05, 0) is 12.1 Å². The van der Waals surface area contributed by atoms with Crippen molar-refractivity contribution < 1.29 is 17.3 Å². The Hall–Kier alpha value is -1.31. The van der Waals surface area contributed by atoms with Crippen molar-refractivity contribution in [2.24, 2.45) is 5.14 Å². The average Bonchev–Trinajstić information content (AvgIpc) is 2.29. The third-order valence-corrected chi connectivity index (χ3v) is 2.83. The highest BCUT2D eigenvalue weighted by atomic mass is 32.2. The molecule has 0 unspecified atom stereocenters. The number of morpholine rings is 1. The van der Waals surface area contributed by atoms with Gasteiger partial charge in [0.05, 0.1) is 18.9 Å². The van der Waals surface area contributed by atoms with Crippen molar-refractivity contribution in [2.75, 3.05) is 31.2 Å². The van der Waals surface area contributed by atoms with E-state index in [1.165, 1.54) is 0 Å². The van der Waals surface area contributed by atoms with Gasteiger partial charge >= 0.3 is 10.3 Å². The van der Waals surface area contributed by atoms with E-state index in [0.29, 0.717) is 32.0 Å². The van der Waals surface area contributed by atoms with Crippen molar-refractivity contribution in [3.8, 4) is 5.75 Å². The van der Waals surface area contributed by atoms with E-state index in [1.54, 1.807) is 18.2 Å². The van der Waals surface area contributed by atoms with Gasteiger partial charge in [0.15, 0.2) is 5.75 Å². The Morgan fingerprint density at radius 3 is 2.53 bits per heavy atom. The van der Waals surface area contributed by atoms with Crippen LogP contribution in [0.2, 0.25) is 0 Å². The average molecular weight is 258 g/mol. The van der Waals surface area contributed by atoms with Crippen LogP contribution in [0.1, 0.15) is 0 Å². The van der Waals surface area contributed by atoms with Crippen LogP contribution in [0.5, 0.6) is 5.75 Å². The molecule has 0 atom stereocenters. The lowest BCUT2D eigenvalue weighted by atomic mass is 10.2. The fourth-order valence-corrected chi connectivity index (χ4v) is 2.11. The molecule has 0 amide bonds. The summed E-state index contributed by atoms with van der Waals surface area (Å²) in [6.45, 7) is 2.63. The predicted octanol–water partition coefficient (Wildman–Crippen LogP) is 0.105. The molecule has 0 aliphatic carbocycles. The van der Waals surface area contributed by atoms with Crippen molar-refractivity contribution in [3.63, 3.8) is 0 Å². The molecule has 1 aliphatic rings. The summed E-state index contributed by atoms with van der Waals surface area (Å²) in [5.74, 6) is 0.247. The maximum atomic E-state index is 10.9. The fraction of sp³-hybridized carbons (Fsp3) is 0.400. The lowest BCUT2D eigenvalue weighted by Gasteiger charge is -2.29. The Labute approximate surface area is 100 Å². The molecule has 1 fully saturated rings. The molecule has 0 spiro atoms. The van der Waals surface area contributed by atoms with Crippen molar-refractivity contribution in [1.29, 1.82) is 0 Å². The highest BCUT2D eigenvalue weighted by Gasteiger charge is 2.17. The van der Waals surface area contributed by atoms with Crippen molar-refractivity contribution in [2.45, 2.75) is 0 Å². The number of nitrogens with zero attached hydrogens (tertiary/aromatic N) is 1. The summed E-state index contributed by atoms with van der Waals surface area (Å²) < 4.78 is 31.9. The smallest absolute Gasteiger partial charge is 0.378 e. The Balaban J connectivity index is 2.26. The SMILES string of the molecule is NS(=O)(=O)Oc1ccccc1N1CCOCC1. The summed E-state index contributed by atoms with van der Waals surface area (Å²) in [6, 6.07) is 6.90. The molecule has 0 saturated carbocycles. The minimum atomic E-state index is -4.00. The van der Waals surface area contributed by atoms with Gasteiger partial charge in [-0.2, -0.15) is 13.6 Å². The molecular formula is C10H14N2O4S. The van der Waals surface area contributed by atoms with Gasteiger partial charge < -0.3 is 13.8 Å². The van der Waals surface area contributed by atoms with Gasteiger partial charge in [-0.25, -0.2) is 0 Å². The van der Waals surface area contributed by atoms with E-state index in [9.17, 15) is 8.42 Å². The Bertz CT molecular complexity index is 483. The minimum absolute atomic E-state index is 0.247. The van der Waals surface area contributed by atoms with E-state index in [0.717, 1.165) is 0 Å². The van der Waals surface area contributed by atoms with Crippen LogP contribution < -0.4 is 14.2 Å². The number of benzene rings is 1. The fourth-order valence-electron chi connectivity index (χ4n) is 1.72. The molecule has 0 radical (unpaired) electrons. The topological polar surface area (TPSA) is 81.9 Å². The first-order valence-electron chi connectivity index (χ1n) is 5.20. The molecule has 1 aromatic carbocycles. The van der Waals surface area contributed by atoms with Crippen molar-refractivity contribution in [1.82, 2.24) is 0 Å². The number of rotatable bonds is 3. The molecule has 0 bridgehead atoms. The predicted molar refractivity (Wildman–Crippen MR) is 63.2 cm³/mol. The van der Waals surface area contributed by atoms with Gasteiger partial charge in [0.2, 0.25) is 0 Å². The van der Waals surface area contributed by atoms with Crippen LogP contribution in [0.25, 0.3) is 0 Å². The number of hydrogen-bond donors (Lipinski definition) is 1. The minimum Gasteiger partial charge on any atom is -0.378 e. The van der Waals surface area contributed by atoms with Gasteiger partial charge in [0.1, 0.15) is 0 Å². The van der Waals surface area contributed by atoms with Crippen LogP contribution in [0, 0.1) is 0 Å². The van der Waals surface area contributed by atoms with Gasteiger partial charge in [-0.15, -0.1) is 0 Å². The molecule has 0 aromatic heterocycles. The molecule has 94 valence electrons. The highest BCUT2D eigenvalue weighted by molar-refractivity contribution is 7.84. The number of anilines is 1. The number of ether oxygens (including phenoxy) is 1. The van der Waals surface area contributed by atoms with E-state index in [2.05, 4.69) is 0 Å². The standard InChI is InChI=1S/C10H14N2O4S/c11-17(13,14)16-10-4-2-1-3-9(10)12-5-7-15-8-6-12/h1-4H,5-8H2,(H2,11,13,14). The number of hydrogen-bond acceptors (Lipinski definition) is 5. The second-order valence-electron chi connectivity index (χ2n) is 3.64. The quantitative estimate of drug-likeness (QED) is 0.832. The van der Waals surface area contributed by atoms with Crippen LogP contribution in [0.4, 0.5) is 5.69 Å². The summed E-state index contributed by atoms with van der Waals surface area (Å²) in [7, 11) is -4.00. The maximum Gasteiger partial charge on any atom is 0.380 e. The van der Waals surface area contributed by atoms with E-state index in [4.69, 9.17) is 14.1 Å². The number of nitrogens with two attached hydrogens (primary N) is 1. The van der Waals surface area contributed by atoms with Crippen LogP contribution in [0.3, 0.4) is 0 Å². The first-order chi connectivity index (χ1) is 8.06. The molecule has 1 aliphatic heterocycles. The monoisotopic (exact) mass is 258 g/mol. The second kappa shape index (κ2) is 4.91. The second-order valence-corrected chi connectivity index (χ2v) is 4.80. The third-order valence-electron chi connectivity index (χ3n) is 2.42. The maximum absolute atomic E-state index is 10.9. The molecule has 17 heavy (non-hydrogen) atoms. The van der Waals surface area contributed by atoms with Gasteiger partial charge in [0, 0.05) is 13.1 Å². The molecule has 7 heteroatoms. The molecule has 1 heterocycles. The normalized spacial score (nSPS) is 16.9. The van der Waals surface area contributed by atoms with Crippen LogP contribution in [0.15, 0.2) is 24.3 Å². The molecule has 1 aromatic rings. The molecule has 1 saturated heterocycles. The van der Waals surface area contributed by atoms with Crippen LogP contribution in [-0.4, -0.2) is 34.7 Å². The zero-order valence-corrected chi connectivity index (χ0v) is 10.0. The van der Waals surface area contributed by atoms with E-state index >= 15 is 0 Å². The lowest BCUT2D eigenvalue weighted by Crippen LogP contribution is -2.36. The van der Waals surface area contributed by atoms with Gasteiger partial charge in [-0.3, -0.25) is 0 Å². The first-order valence-corrected chi connectivity index (χ1v) is 6.67. The Morgan fingerprint density at radius 2 is 1.88 bits per heavy atom. The Kier molecular flexibility index (Phi) is 3.51. The van der Waals surface area contributed by atoms with Crippen molar-refractivity contribution >= 4 is 16.0 Å². The van der Waals surface area contributed by atoms with Crippen LogP contribution >= 0.6 is 0 Å². The summed E-state index contributed by atoms with van der Waals surface area (Å²) in [4.78, 5) is 2.00. The lowest BCUT2D eigenvalue weighted by molar-refractivity contribution is 0.122. The van der Waals surface area contributed by atoms with E-state index in [1.807, 2.05) is 11.0 Å². The van der Waals surface area contributed by atoms with Crippen LogP contribution in [-0.2, 0) is 15.0 Å². The molecular weight excluding hydrogens is 244 g/mol. The summed E-state index contributed by atoms with van der Waals surface area (Å²) >= 11 is 0.